The fourth-order valence-electron chi connectivity index (χ4n) is 3.10. The Labute approximate surface area is 147 Å². The highest BCUT2D eigenvalue weighted by atomic mass is 16.2. The fourth-order valence-corrected chi connectivity index (χ4v) is 3.10. The molecule has 25 heavy (non-hydrogen) atoms. The number of hydrogen-bond donors (Lipinski definition) is 0. The molecule has 5 heteroatoms. The molecule has 5 nitrogen and oxygen atoms in total. The average molecular weight is 333 g/mol. The molecule has 0 saturated carbocycles. The third-order valence-corrected chi connectivity index (χ3v) is 4.29. The van der Waals surface area contributed by atoms with E-state index >= 15 is 0 Å². The number of carbonyl (C=O) groups is 2. The van der Waals surface area contributed by atoms with Gasteiger partial charge in [0.2, 0.25) is 5.91 Å². The first-order valence-electron chi connectivity index (χ1n) is 8.16. The van der Waals surface area contributed by atoms with Crippen LogP contribution in [0.1, 0.15) is 27.0 Å². The zero-order chi connectivity index (χ0) is 18.0. The molecule has 126 valence electrons. The predicted molar refractivity (Wildman–Crippen MR) is 95.3 cm³/mol. The highest BCUT2D eigenvalue weighted by Crippen LogP contribution is 2.21. The molecule has 0 N–H and O–H groups in total. The first-order valence-corrected chi connectivity index (χ1v) is 8.16. The maximum Gasteiger partial charge on any atom is 0.254 e. The molecule has 1 aliphatic rings. The summed E-state index contributed by atoms with van der Waals surface area (Å²) in [6.07, 6.45) is 0. The fraction of sp³-hybridized carbons (Fsp3) is 0.250. The van der Waals surface area contributed by atoms with Gasteiger partial charge in [-0.2, -0.15) is 5.26 Å². The Kier molecular flexibility index (Phi) is 4.53. The normalized spacial score (nSPS) is 14.4. The van der Waals surface area contributed by atoms with E-state index in [0.717, 1.165) is 16.8 Å². The number of nitriles is 1. The van der Waals surface area contributed by atoms with Crippen LogP contribution in [0.4, 0.5) is 5.69 Å². The number of hydrogen-bond acceptors (Lipinski definition) is 3. The van der Waals surface area contributed by atoms with Crippen molar-refractivity contribution in [2.45, 2.75) is 13.8 Å². The van der Waals surface area contributed by atoms with Gasteiger partial charge in [0.05, 0.1) is 11.6 Å². The third kappa shape index (κ3) is 3.53. The number of anilines is 1. The van der Waals surface area contributed by atoms with Crippen molar-refractivity contribution in [1.82, 2.24) is 4.90 Å². The lowest BCUT2D eigenvalue weighted by Crippen LogP contribution is -2.52. The van der Waals surface area contributed by atoms with Crippen molar-refractivity contribution < 1.29 is 9.59 Å². The van der Waals surface area contributed by atoms with Gasteiger partial charge in [0, 0.05) is 24.3 Å². The number of carbonyl (C=O) groups excluding carboxylic acids is 2. The van der Waals surface area contributed by atoms with Crippen molar-refractivity contribution >= 4 is 17.5 Å². The summed E-state index contributed by atoms with van der Waals surface area (Å²) in [6, 6.07) is 14.6. The Morgan fingerprint density at radius 2 is 1.68 bits per heavy atom. The molecule has 1 fully saturated rings. The van der Waals surface area contributed by atoms with Crippen LogP contribution in [0.2, 0.25) is 0 Å². The molecule has 2 aromatic rings. The number of nitrogens with zero attached hydrogens (tertiary/aromatic N) is 3. The molecule has 0 bridgehead atoms. The van der Waals surface area contributed by atoms with Crippen LogP contribution < -0.4 is 4.90 Å². The largest absolute Gasteiger partial charge is 0.328 e. The molecule has 1 saturated heterocycles. The lowest BCUT2D eigenvalue weighted by molar-refractivity contribution is -0.120. The summed E-state index contributed by atoms with van der Waals surface area (Å²) in [5.41, 5.74) is 4.10. The highest BCUT2D eigenvalue weighted by Gasteiger charge is 2.28. The Hall–Kier alpha value is -3.13. The maximum atomic E-state index is 12.6. The van der Waals surface area contributed by atoms with Crippen LogP contribution in [-0.2, 0) is 4.79 Å². The Morgan fingerprint density at radius 1 is 1.04 bits per heavy atom. The van der Waals surface area contributed by atoms with Gasteiger partial charge >= 0.3 is 0 Å². The van der Waals surface area contributed by atoms with Gasteiger partial charge in [-0.3, -0.25) is 9.59 Å². The molecule has 3 rings (SSSR count). The quantitative estimate of drug-likeness (QED) is 0.849. The van der Waals surface area contributed by atoms with Gasteiger partial charge in [-0.25, -0.2) is 0 Å². The summed E-state index contributed by atoms with van der Waals surface area (Å²) in [5, 5.41) is 8.83. The van der Waals surface area contributed by atoms with Crippen molar-refractivity contribution in [1.29, 1.82) is 5.26 Å². The summed E-state index contributed by atoms with van der Waals surface area (Å²) >= 11 is 0. The SMILES string of the molecule is Cc1cc(C)cc(N2CCN(C(=O)c3ccc(C#N)cc3)CC2=O)c1. The second-order valence-electron chi connectivity index (χ2n) is 6.31. The van der Waals surface area contributed by atoms with Crippen molar-refractivity contribution in [3.63, 3.8) is 0 Å². The van der Waals surface area contributed by atoms with E-state index in [-0.39, 0.29) is 18.4 Å². The lowest BCUT2D eigenvalue weighted by Gasteiger charge is -2.34. The standard InChI is InChI=1S/C20H19N3O2/c1-14-9-15(2)11-18(10-14)23-8-7-22(13-19(23)24)20(25)17-5-3-16(12-21)4-6-17/h3-6,9-11H,7-8,13H2,1-2H3. The van der Waals surface area contributed by atoms with E-state index in [4.69, 9.17) is 5.26 Å². The topological polar surface area (TPSA) is 64.4 Å². The van der Waals surface area contributed by atoms with E-state index < -0.39 is 0 Å². The average Bonchev–Trinajstić information content (AvgIpc) is 2.60. The maximum absolute atomic E-state index is 12.6. The number of amides is 2. The molecular formula is C20H19N3O2. The Morgan fingerprint density at radius 3 is 2.24 bits per heavy atom. The minimum absolute atomic E-state index is 0.0613. The zero-order valence-electron chi connectivity index (χ0n) is 14.3. The first kappa shape index (κ1) is 16.7. The van der Waals surface area contributed by atoms with Crippen LogP contribution in [0.15, 0.2) is 42.5 Å². The Balaban J connectivity index is 1.73. The second kappa shape index (κ2) is 6.78. The second-order valence-corrected chi connectivity index (χ2v) is 6.31. The van der Waals surface area contributed by atoms with Crippen LogP contribution >= 0.6 is 0 Å². The summed E-state index contributed by atoms with van der Waals surface area (Å²) in [7, 11) is 0. The van der Waals surface area contributed by atoms with E-state index in [0.29, 0.717) is 24.2 Å². The van der Waals surface area contributed by atoms with Crippen LogP contribution in [-0.4, -0.2) is 36.3 Å². The number of benzene rings is 2. The molecule has 2 aromatic carbocycles. The smallest absolute Gasteiger partial charge is 0.254 e. The summed E-state index contributed by atoms with van der Waals surface area (Å²) in [5.74, 6) is -0.267. The lowest BCUT2D eigenvalue weighted by atomic mass is 10.1. The molecule has 1 aliphatic heterocycles. The van der Waals surface area contributed by atoms with Gasteiger partial charge in [-0.1, -0.05) is 6.07 Å². The molecule has 0 spiro atoms. The Bertz CT molecular complexity index is 845. The molecule has 0 unspecified atom stereocenters. The number of piperazine rings is 1. The summed E-state index contributed by atoms with van der Waals surface area (Å²) in [4.78, 5) is 28.4. The van der Waals surface area contributed by atoms with Crippen molar-refractivity contribution in [2.24, 2.45) is 0 Å². The first-order chi connectivity index (χ1) is 12.0. The molecule has 1 heterocycles. The van der Waals surface area contributed by atoms with Gasteiger partial charge in [0.1, 0.15) is 6.54 Å². The molecule has 0 atom stereocenters. The number of aryl methyl sites for hydroxylation is 2. The van der Waals surface area contributed by atoms with Crippen LogP contribution in [0.25, 0.3) is 0 Å². The van der Waals surface area contributed by atoms with E-state index in [9.17, 15) is 9.59 Å². The van der Waals surface area contributed by atoms with Gasteiger partial charge < -0.3 is 9.80 Å². The van der Waals surface area contributed by atoms with Gasteiger partial charge in [-0.05, 0) is 61.4 Å². The molecule has 0 aromatic heterocycles. The van der Waals surface area contributed by atoms with Gasteiger partial charge in [0.25, 0.3) is 5.91 Å². The van der Waals surface area contributed by atoms with Crippen molar-refractivity contribution in [3.05, 3.63) is 64.7 Å². The van der Waals surface area contributed by atoms with Crippen LogP contribution in [0, 0.1) is 25.2 Å². The van der Waals surface area contributed by atoms with E-state index in [1.54, 1.807) is 34.1 Å². The van der Waals surface area contributed by atoms with Crippen molar-refractivity contribution in [2.75, 3.05) is 24.5 Å². The molecule has 0 aliphatic carbocycles. The van der Waals surface area contributed by atoms with Crippen molar-refractivity contribution in [3.8, 4) is 6.07 Å². The molecule has 2 amide bonds. The van der Waals surface area contributed by atoms with Gasteiger partial charge in [0.15, 0.2) is 0 Å². The number of rotatable bonds is 2. The predicted octanol–water partition coefficient (Wildman–Crippen LogP) is 2.66. The van der Waals surface area contributed by atoms with Gasteiger partial charge in [-0.15, -0.1) is 0 Å². The van der Waals surface area contributed by atoms with E-state index in [1.165, 1.54) is 0 Å². The summed E-state index contributed by atoms with van der Waals surface area (Å²) < 4.78 is 0. The minimum Gasteiger partial charge on any atom is -0.328 e. The summed E-state index contributed by atoms with van der Waals surface area (Å²) in [6.45, 7) is 5.03. The highest BCUT2D eigenvalue weighted by molar-refractivity contribution is 6.01. The van der Waals surface area contributed by atoms with Crippen LogP contribution in [0.5, 0.6) is 0 Å². The molecule has 0 radical (unpaired) electrons. The monoisotopic (exact) mass is 333 g/mol. The van der Waals surface area contributed by atoms with Crippen LogP contribution in [0.3, 0.4) is 0 Å². The zero-order valence-corrected chi connectivity index (χ0v) is 14.3. The van der Waals surface area contributed by atoms with E-state index in [2.05, 4.69) is 6.07 Å². The minimum atomic E-state index is -0.182. The third-order valence-electron chi connectivity index (χ3n) is 4.29. The van der Waals surface area contributed by atoms with E-state index in [1.807, 2.05) is 32.0 Å². The molecular weight excluding hydrogens is 314 g/mol.